The molecular weight excluding hydrogens is 392 g/mol. The molecule has 0 radical (unpaired) electrons. The van der Waals surface area contributed by atoms with Crippen LogP contribution in [0.2, 0.25) is 0 Å². The fraction of sp³-hybridized carbons (Fsp3) is 0. The highest BCUT2D eigenvalue weighted by Gasteiger charge is 2.00. The molecule has 0 aromatic heterocycles. The number of carbonyl (C=O) groups excluding carboxylic acids is 2. The molecule has 0 N–H and O–H groups in total. The number of hydrogen-bond donors (Lipinski definition) is 0. The van der Waals surface area contributed by atoms with Gasteiger partial charge in [0.2, 0.25) is 0 Å². The topological polar surface area (TPSA) is 34.1 Å². The monoisotopic (exact) mass is 414 g/mol. The number of carbonyl (C=O) groups is 2. The molecule has 4 aromatic carbocycles. The van der Waals surface area contributed by atoms with E-state index in [0.29, 0.717) is 11.1 Å². The van der Waals surface area contributed by atoms with E-state index in [0.717, 1.165) is 46.0 Å². The average Bonchev–Trinajstić information content (AvgIpc) is 2.87. The Morgan fingerprint density at radius 3 is 1.06 bits per heavy atom. The van der Waals surface area contributed by atoms with Crippen LogP contribution in [0.25, 0.3) is 35.4 Å². The van der Waals surface area contributed by atoms with Crippen LogP contribution in [-0.2, 0) is 0 Å². The molecule has 4 aromatic rings. The van der Waals surface area contributed by atoms with Crippen LogP contribution in [0.15, 0.2) is 97.1 Å². The van der Waals surface area contributed by atoms with Gasteiger partial charge in [-0.2, -0.15) is 0 Å². The molecule has 0 unspecified atom stereocenters. The van der Waals surface area contributed by atoms with Gasteiger partial charge >= 0.3 is 0 Å². The number of benzene rings is 4. The average molecular weight is 415 g/mol. The Morgan fingerprint density at radius 2 is 0.719 bits per heavy atom. The lowest BCUT2D eigenvalue weighted by atomic mass is 10.0. The van der Waals surface area contributed by atoms with Crippen LogP contribution < -0.4 is 0 Å². The van der Waals surface area contributed by atoms with E-state index >= 15 is 0 Å². The maximum absolute atomic E-state index is 11.2. The molecule has 0 heterocycles. The molecule has 0 aliphatic rings. The highest BCUT2D eigenvalue weighted by molar-refractivity contribution is 5.86. The summed E-state index contributed by atoms with van der Waals surface area (Å²) in [5.74, 6) is 0. The molecule has 154 valence electrons. The van der Waals surface area contributed by atoms with Crippen molar-refractivity contribution in [1.29, 1.82) is 0 Å². The summed E-state index contributed by atoms with van der Waals surface area (Å²) in [6, 6.07) is 31.7. The number of rotatable bonds is 7. The molecule has 32 heavy (non-hydrogen) atoms. The summed E-state index contributed by atoms with van der Waals surface area (Å²) in [5, 5.41) is 0. The van der Waals surface area contributed by atoms with Crippen LogP contribution in [0.1, 0.15) is 43.0 Å². The molecule has 0 bridgehead atoms. The number of hydrogen-bond acceptors (Lipinski definition) is 2. The SMILES string of the molecule is O=Cc1ccccc1C=Cc1ccc(-c2ccc(C=Cc3ccccc3C=O)cc2)cc1. The minimum atomic E-state index is 0.684. The maximum atomic E-state index is 11.2. The van der Waals surface area contributed by atoms with E-state index < -0.39 is 0 Å². The van der Waals surface area contributed by atoms with Gasteiger partial charge in [-0.3, -0.25) is 9.59 Å². The normalized spacial score (nSPS) is 11.1. The quantitative estimate of drug-likeness (QED) is 0.234. The third-order valence-electron chi connectivity index (χ3n) is 5.31. The van der Waals surface area contributed by atoms with Gasteiger partial charge in [0.05, 0.1) is 0 Å². The second kappa shape index (κ2) is 10.1. The molecule has 0 amide bonds. The molecule has 0 atom stereocenters. The van der Waals surface area contributed by atoms with Crippen molar-refractivity contribution in [3.8, 4) is 11.1 Å². The first-order valence-corrected chi connectivity index (χ1v) is 10.4. The summed E-state index contributed by atoms with van der Waals surface area (Å²) in [5.41, 5.74) is 7.60. The van der Waals surface area contributed by atoms with Crippen LogP contribution in [0.3, 0.4) is 0 Å². The highest BCUT2D eigenvalue weighted by Crippen LogP contribution is 2.22. The van der Waals surface area contributed by atoms with Gasteiger partial charge in [0.25, 0.3) is 0 Å². The van der Waals surface area contributed by atoms with Crippen LogP contribution in [-0.4, -0.2) is 12.6 Å². The molecule has 4 rings (SSSR count). The summed E-state index contributed by atoms with van der Waals surface area (Å²) in [7, 11) is 0. The van der Waals surface area contributed by atoms with Gasteiger partial charge in [-0.1, -0.05) is 121 Å². The van der Waals surface area contributed by atoms with E-state index in [1.807, 2.05) is 72.8 Å². The Kier molecular flexibility index (Phi) is 6.64. The molecule has 0 aliphatic heterocycles. The Labute approximate surface area is 188 Å². The van der Waals surface area contributed by atoms with E-state index in [-0.39, 0.29) is 0 Å². The van der Waals surface area contributed by atoms with Gasteiger partial charge in [0.1, 0.15) is 0 Å². The lowest BCUT2D eigenvalue weighted by Crippen LogP contribution is -1.84. The first-order chi connectivity index (χ1) is 15.8. The summed E-state index contributed by atoms with van der Waals surface area (Å²) in [6.07, 6.45) is 9.70. The zero-order valence-corrected chi connectivity index (χ0v) is 17.5. The van der Waals surface area contributed by atoms with Crippen LogP contribution >= 0.6 is 0 Å². The van der Waals surface area contributed by atoms with Gasteiger partial charge in [-0.25, -0.2) is 0 Å². The predicted molar refractivity (Wildman–Crippen MR) is 133 cm³/mol. The minimum Gasteiger partial charge on any atom is -0.298 e. The first kappa shape index (κ1) is 21.0. The van der Waals surface area contributed by atoms with Crippen LogP contribution in [0, 0.1) is 0 Å². The van der Waals surface area contributed by atoms with Crippen molar-refractivity contribution < 1.29 is 9.59 Å². The van der Waals surface area contributed by atoms with Crippen molar-refractivity contribution in [2.45, 2.75) is 0 Å². The molecule has 0 saturated heterocycles. The Hall–Kier alpha value is -4.30. The van der Waals surface area contributed by atoms with Gasteiger partial charge in [0.15, 0.2) is 12.6 Å². The van der Waals surface area contributed by atoms with Gasteiger partial charge in [0, 0.05) is 11.1 Å². The van der Waals surface area contributed by atoms with Gasteiger partial charge in [-0.15, -0.1) is 0 Å². The lowest BCUT2D eigenvalue weighted by Gasteiger charge is -2.04. The molecule has 2 heteroatoms. The van der Waals surface area contributed by atoms with Gasteiger partial charge < -0.3 is 0 Å². The largest absolute Gasteiger partial charge is 0.298 e. The minimum absolute atomic E-state index is 0.684. The smallest absolute Gasteiger partial charge is 0.150 e. The summed E-state index contributed by atoms with van der Waals surface area (Å²) >= 11 is 0. The molecular formula is C30H22O2. The van der Waals surface area contributed by atoms with Crippen molar-refractivity contribution >= 4 is 36.9 Å². The molecule has 0 aliphatic carbocycles. The van der Waals surface area contributed by atoms with Crippen molar-refractivity contribution in [3.05, 3.63) is 130 Å². The van der Waals surface area contributed by atoms with E-state index in [1.54, 1.807) is 0 Å². The van der Waals surface area contributed by atoms with Crippen molar-refractivity contribution in [2.24, 2.45) is 0 Å². The fourth-order valence-electron chi connectivity index (χ4n) is 3.49. The lowest BCUT2D eigenvalue weighted by molar-refractivity contribution is 0.111. The van der Waals surface area contributed by atoms with Crippen molar-refractivity contribution in [2.75, 3.05) is 0 Å². The van der Waals surface area contributed by atoms with Crippen molar-refractivity contribution in [1.82, 2.24) is 0 Å². The maximum Gasteiger partial charge on any atom is 0.150 e. The third kappa shape index (κ3) is 5.05. The zero-order chi connectivity index (χ0) is 22.2. The Bertz CT molecular complexity index is 1170. The third-order valence-corrected chi connectivity index (χ3v) is 5.31. The van der Waals surface area contributed by atoms with Gasteiger partial charge in [-0.05, 0) is 33.4 Å². The summed E-state index contributed by atoms with van der Waals surface area (Å²) < 4.78 is 0. The summed E-state index contributed by atoms with van der Waals surface area (Å²) in [6.45, 7) is 0. The Balaban J connectivity index is 1.46. The van der Waals surface area contributed by atoms with E-state index in [2.05, 4.69) is 48.5 Å². The van der Waals surface area contributed by atoms with Crippen LogP contribution in [0.4, 0.5) is 0 Å². The van der Waals surface area contributed by atoms with E-state index in [4.69, 9.17) is 0 Å². The number of aldehydes is 2. The van der Waals surface area contributed by atoms with E-state index in [1.165, 1.54) is 0 Å². The van der Waals surface area contributed by atoms with E-state index in [9.17, 15) is 9.59 Å². The highest BCUT2D eigenvalue weighted by atomic mass is 16.1. The second-order valence-electron chi connectivity index (χ2n) is 7.40. The first-order valence-electron chi connectivity index (χ1n) is 10.4. The standard InChI is InChI=1S/C30H22O2/c31-21-29-7-3-1-5-25(29)15-9-23-11-17-27(18-12-23)28-19-13-24(14-20-28)10-16-26-6-2-4-8-30(26)22-32/h1-22H. The van der Waals surface area contributed by atoms with Crippen molar-refractivity contribution in [3.63, 3.8) is 0 Å². The summed E-state index contributed by atoms with van der Waals surface area (Å²) in [4.78, 5) is 22.3. The fourth-order valence-corrected chi connectivity index (χ4v) is 3.49. The predicted octanol–water partition coefficient (Wildman–Crippen LogP) is 7.32. The Morgan fingerprint density at radius 1 is 0.375 bits per heavy atom. The molecule has 0 saturated carbocycles. The zero-order valence-electron chi connectivity index (χ0n) is 17.5. The molecule has 0 fully saturated rings. The molecule has 0 spiro atoms. The second-order valence-corrected chi connectivity index (χ2v) is 7.40. The van der Waals surface area contributed by atoms with Crippen LogP contribution in [0.5, 0.6) is 0 Å². The molecule has 2 nitrogen and oxygen atoms in total.